The molecule has 2 aromatic heterocycles. The Morgan fingerprint density at radius 1 is 0.914 bits per heavy atom. The van der Waals surface area contributed by atoms with Crippen molar-refractivity contribution < 1.29 is 0 Å². The molecule has 0 aliphatic carbocycles. The zero-order valence-electron chi connectivity index (χ0n) is 21.0. The third kappa shape index (κ3) is 10.4. The molecular weight excluding hydrogens is 528 g/mol. The Kier molecular flexibility index (Phi) is 17.0. The minimum absolute atomic E-state index is 0. The van der Waals surface area contributed by atoms with Crippen LogP contribution in [0.5, 0.6) is 0 Å². The van der Waals surface area contributed by atoms with E-state index in [2.05, 4.69) is 51.3 Å². The number of aromatic nitrogens is 3. The fraction of sp³-hybridized carbons (Fsp3) is 0.458. The molecule has 198 valence electrons. The van der Waals surface area contributed by atoms with E-state index in [1.54, 1.807) is 0 Å². The van der Waals surface area contributed by atoms with Crippen molar-refractivity contribution in [2.24, 2.45) is 0 Å². The second-order valence-electron chi connectivity index (χ2n) is 8.14. The average Bonchev–Trinajstić information content (AvgIpc) is 2.71. The first-order valence-corrected chi connectivity index (χ1v) is 11.2. The fourth-order valence-electron chi connectivity index (χ4n) is 3.77. The summed E-state index contributed by atoms with van der Waals surface area (Å²) in [5.74, 6) is 1.40. The van der Waals surface area contributed by atoms with E-state index in [0.717, 1.165) is 72.0 Å². The number of halogens is 4. The molecular formula is C24H39Cl4N7. The number of benzene rings is 1. The Hall–Kier alpha value is -1.77. The number of nitrogens with two attached hydrogens (primary N) is 1. The number of aryl methyl sites for hydroxylation is 2. The van der Waals surface area contributed by atoms with Crippen molar-refractivity contribution in [2.45, 2.75) is 53.5 Å². The Bertz CT molecular complexity index is 1030. The number of anilines is 4. The van der Waals surface area contributed by atoms with Crippen LogP contribution in [0.15, 0.2) is 30.3 Å². The number of nitrogens with one attached hydrogen (secondary N) is 2. The molecule has 0 amide bonds. The van der Waals surface area contributed by atoms with Crippen LogP contribution >= 0.6 is 49.6 Å². The molecule has 4 N–H and O–H groups in total. The Morgan fingerprint density at radius 3 is 2.23 bits per heavy atom. The molecule has 0 aliphatic rings. The van der Waals surface area contributed by atoms with Crippen LogP contribution in [-0.2, 0) is 0 Å². The van der Waals surface area contributed by atoms with Crippen LogP contribution < -0.4 is 16.4 Å². The summed E-state index contributed by atoms with van der Waals surface area (Å²) in [7, 11) is 0. The smallest absolute Gasteiger partial charge is 0.225 e. The Morgan fingerprint density at radius 2 is 1.57 bits per heavy atom. The minimum atomic E-state index is 0. The standard InChI is InChI=1S/C24H35N7.4ClH/c1-6-31(7-2)12-8-9-16(3)27-24-28-18(5)14-23(30-24)29-19-10-11-22-20(15-19)21(25)13-17(4)26-22;;;;/h10-11,13-16H,6-9,12H2,1-5H3,(H2,25,26)(H2,27,28,29,30);4*1H. The number of fused-ring (bicyclic) bond motifs is 1. The molecule has 0 aliphatic heterocycles. The number of nitrogen functional groups attached to an aromatic ring is 1. The maximum Gasteiger partial charge on any atom is 0.225 e. The van der Waals surface area contributed by atoms with Crippen molar-refractivity contribution >= 4 is 83.7 Å². The molecule has 1 aromatic carbocycles. The summed E-state index contributed by atoms with van der Waals surface area (Å²) in [6, 6.07) is 10.1. The highest BCUT2D eigenvalue weighted by molar-refractivity contribution is 5.93. The summed E-state index contributed by atoms with van der Waals surface area (Å²) in [6.45, 7) is 13.9. The Labute approximate surface area is 234 Å². The van der Waals surface area contributed by atoms with Crippen molar-refractivity contribution in [2.75, 3.05) is 36.0 Å². The van der Waals surface area contributed by atoms with Crippen LogP contribution in [0, 0.1) is 13.8 Å². The van der Waals surface area contributed by atoms with Gasteiger partial charge < -0.3 is 21.3 Å². The van der Waals surface area contributed by atoms with Gasteiger partial charge in [0, 0.05) is 40.3 Å². The summed E-state index contributed by atoms with van der Waals surface area (Å²) < 4.78 is 0. The van der Waals surface area contributed by atoms with E-state index in [4.69, 9.17) is 5.73 Å². The van der Waals surface area contributed by atoms with Crippen LogP contribution in [0.3, 0.4) is 0 Å². The highest BCUT2D eigenvalue weighted by Crippen LogP contribution is 2.26. The highest BCUT2D eigenvalue weighted by atomic mass is 35.5. The van der Waals surface area contributed by atoms with Gasteiger partial charge in [0.15, 0.2) is 0 Å². The van der Waals surface area contributed by atoms with Gasteiger partial charge in [-0.05, 0) is 77.5 Å². The molecule has 0 radical (unpaired) electrons. The first-order chi connectivity index (χ1) is 14.9. The van der Waals surface area contributed by atoms with E-state index in [-0.39, 0.29) is 49.6 Å². The fourth-order valence-corrected chi connectivity index (χ4v) is 3.77. The van der Waals surface area contributed by atoms with Crippen LogP contribution in [-0.4, -0.2) is 45.5 Å². The topological polar surface area (TPSA) is 92.0 Å². The minimum Gasteiger partial charge on any atom is -0.398 e. The maximum atomic E-state index is 6.19. The molecule has 2 heterocycles. The maximum absolute atomic E-state index is 6.19. The van der Waals surface area contributed by atoms with Gasteiger partial charge in [0.05, 0.1) is 5.52 Å². The van der Waals surface area contributed by atoms with E-state index in [1.807, 2.05) is 44.2 Å². The molecule has 7 nitrogen and oxygen atoms in total. The van der Waals surface area contributed by atoms with E-state index in [0.29, 0.717) is 12.0 Å². The van der Waals surface area contributed by atoms with Gasteiger partial charge in [-0.15, -0.1) is 49.6 Å². The molecule has 35 heavy (non-hydrogen) atoms. The molecule has 0 spiro atoms. The van der Waals surface area contributed by atoms with Crippen LogP contribution in [0.4, 0.5) is 23.1 Å². The highest BCUT2D eigenvalue weighted by Gasteiger charge is 2.09. The van der Waals surface area contributed by atoms with Gasteiger partial charge in [0.2, 0.25) is 5.95 Å². The predicted molar refractivity (Wildman–Crippen MR) is 160 cm³/mol. The number of hydrogen-bond acceptors (Lipinski definition) is 7. The van der Waals surface area contributed by atoms with Gasteiger partial charge in [-0.1, -0.05) is 13.8 Å². The van der Waals surface area contributed by atoms with Gasteiger partial charge in [0.25, 0.3) is 0 Å². The first kappa shape index (κ1) is 35.4. The van der Waals surface area contributed by atoms with Gasteiger partial charge in [-0.25, -0.2) is 4.98 Å². The normalized spacial score (nSPS) is 10.9. The monoisotopic (exact) mass is 565 g/mol. The van der Waals surface area contributed by atoms with Gasteiger partial charge in [-0.2, -0.15) is 4.98 Å². The van der Waals surface area contributed by atoms with Crippen molar-refractivity contribution in [1.29, 1.82) is 0 Å². The molecule has 0 bridgehead atoms. The number of rotatable bonds is 10. The largest absolute Gasteiger partial charge is 0.398 e. The SMILES string of the molecule is CCN(CC)CCCC(C)Nc1nc(C)cc(Nc2ccc3nc(C)cc(N)c3c2)n1.Cl.Cl.Cl.Cl. The second kappa shape index (κ2) is 16.8. The van der Waals surface area contributed by atoms with Crippen molar-refractivity contribution in [3.63, 3.8) is 0 Å². The third-order valence-corrected chi connectivity index (χ3v) is 5.48. The molecule has 1 atom stereocenters. The lowest BCUT2D eigenvalue weighted by Crippen LogP contribution is -2.26. The Balaban J connectivity index is 0. The van der Waals surface area contributed by atoms with Gasteiger partial charge in [-0.3, -0.25) is 4.98 Å². The molecule has 0 saturated heterocycles. The van der Waals surface area contributed by atoms with E-state index in [1.165, 1.54) is 0 Å². The molecule has 3 aromatic rings. The summed E-state index contributed by atoms with van der Waals surface area (Å²) in [5, 5.41) is 7.77. The molecule has 1 unspecified atom stereocenters. The van der Waals surface area contributed by atoms with Gasteiger partial charge in [0.1, 0.15) is 5.82 Å². The molecule has 0 fully saturated rings. The molecule has 3 rings (SSSR count). The van der Waals surface area contributed by atoms with E-state index in [9.17, 15) is 0 Å². The van der Waals surface area contributed by atoms with Crippen molar-refractivity contribution in [1.82, 2.24) is 19.9 Å². The van der Waals surface area contributed by atoms with Crippen molar-refractivity contribution in [3.05, 3.63) is 41.7 Å². The van der Waals surface area contributed by atoms with E-state index < -0.39 is 0 Å². The zero-order chi connectivity index (χ0) is 22.4. The zero-order valence-corrected chi connectivity index (χ0v) is 24.3. The second-order valence-corrected chi connectivity index (χ2v) is 8.14. The third-order valence-electron chi connectivity index (χ3n) is 5.48. The van der Waals surface area contributed by atoms with E-state index >= 15 is 0 Å². The van der Waals surface area contributed by atoms with Gasteiger partial charge >= 0.3 is 0 Å². The predicted octanol–water partition coefficient (Wildman–Crippen LogP) is 6.58. The lowest BCUT2D eigenvalue weighted by atomic mass is 10.1. The van der Waals surface area contributed by atoms with Crippen molar-refractivity contribution in [3.8, 4) is 0 Å². The lowest BCUT2D eigenvalue weighted by Gasteiger charge is -2.20. The van der Waals surface area contributed by atoms with Crippen LogP contribution in [0.2, 0.25) is 0 Å². The summed E-state index contributed by atoms with van der Waals surface area (Å²) in [5.41, 5.74) is 10.6. The summed E-state index contributed by atoms with van der Waals surface area (Å²) >= 11 is 0. The first-order valence-electron chi connectivity index (χ1n) is 11.2. The number of hydrogen-bond donors (Lipinski definition) is 3. The quantitative estimate of drug-likeness (QED) is 0.255. The lowest BCUT2D eigenvalue weighted by molar-refractivity contribution is 0.295. The number of nitrogens with zero attached hydrogens (tertiary/aromatic N) is 4. The molecule has 0 saturated carbocycles. The molecule has 11 heteroatoms. The van der Waals surface area contributed by atoms with Crippen LogP contribution in [0.25, 0.3) is 10.9 Å². The van der Waals surface area contributed by atoms with Crippen LogP contribution in [0.1, 0.15) is 45.0 Å². The number of pyridine rings is 1. The summed E-state index contributed by atoms with van der Waals surface area (Å²) in [6.07, 6.45) is 2.23. The summed E-state index contributed by atoms with van der Waals surface area (Å²) in [4.78, 5) is 16.2. The average molecular weight is 567 g/mol.